The van der Waals surface area contributed by atoms with Gasteiger partial charge in [0, 0.05) is 31.7 Å². The van der Waals surface area contributed by atoms with Crippen LogP contribution in [0.15, 0.2) is 18.2 Å². The smallest absolute Gasteiger partial charge is 0.136 e. The van der Waals surface area contributed by atoms with Gasteiger partial charge in [0.05, 0.1) is 19.3 Å². The van der Waals surface area contributed by atoms with Gasteiger partial charge in [-0.25, -0.2) is 0 Å². The van der Waals surface area contributed by atoms with Gasteiger partial charge < -0.3 is 19.9 Å². The van der Waals surface area contributed by atoms with E-state index in [2.05, 4.69) is 11.4 Å². The van der Waals surface area contributed by atoms with Crippen molar-refractivity contribution >= 4 is 0 Å². The molecule has 114 valence electrons. The van der Waals surface area contributed by atoms with E-state index in [1.165, 1.54) is 0 Å². The Morgan fingerprint density at radius 1 is 1.52 bits per heavy atom. The average Bonchev–Trinajstić information content (AvgIpc) is 2.96. The molecule has 0 bridgehead atoms. The number of nitrogens with one attached hydrogen (secondary N) is 1. The number of hydrogen-bond acceptors (Lipinski definition) is 5. The highest BCUT2D eigenvalue weighted by molar-refractivity contribution is 5.45. The molecule has 0 aromatic heterocycles. The second-order valence-corrected chi connectivity index (χ2v) is 5.53. The molecule has 0 spiro atoms. The SMILES string of the molecule is COc1ccc(CNCC2(CCO)CCOC2)cc1C#N. The number of benzene rings is 1. The van der Waals surface area contributed by atoms with Gasteiger partial charge in [-0.3, -0.25) is 0 Å². The number of aliphatic hydroxyl groups excluding tert-OH is 1. The molecule has 1 saturated heterocycles. The predicted octanol–water partition coefficient (Wildman–Crippen LogP) is 1.45. The number of nitrogens with zero attached hydrogens (tertiary/aromatic N) is 1. The molecule has 2 N–H and O–H groups in total. The van der Waals surface area contributed by atoms with Crippen molar-refractivity contribution in [2.75, 3.05) is 33.5 Å². The summed E-state index contributed by atoms with van der Waals surface area (Å²) in [4.78, 5) is 0. The van der Waals surface area contributed by atoms with Gasteiger partial charge in [0.15, 0.2) is 0 Å². The maximum Gasteiger partial charge on any atom is 0.136 e. The summed E-state index contributed by atoms with van der Waals surface area (Å²) in [7, 11) is 1.56. The first-order chi connectivity index (χ1) is 10.2. The zero-order valence-corrected chi connectivity index (χ0v) is 12.4. The summed E-state index contributed by atoms with van der Waals surface area (Å²) in [5.41, 5.74) is 1.63. The van der Waals surface area contributed by atoms with Crippen LogP contribution in [0.4, 0.5) is 0 Å². The van der Waals surface area contributed by atoms with Crippen LogP contribution in [0, 0.1) is 16.7 Å². The molecule has 1 unspecified atom stereocenters. The molecule has 2 rings (SSSR count). The monoisotopic (exact) mass is 290 g/mol. The minimum absolute atomic E-state index is 0.0410. The van der Waals surface area contributed by atoms with Gasteiger partial charge in [0.1, 0.15) is 11.8 Å². The van der Waals surface area contributed by atoms with Crippen molar-refractivity contribution in [3.05, 3.63) is 29.3 Å². The minimum atomic E-state index is 0.0410. The van der Waals surface area contributed by atoms with Gasteiger partial charge in [-0.15, -0.1) is 0 Å². The Bertz CT molecular complexity index is 505. The molecular formula is C16H22N2O3. The minimum Gasteiger partial charge on any atom is -0.495 e. The largest absolute Gasteiger partial charge is 0.495 e. The Balaban J connectivity index is 1.92. The zero-order valence-electron chi connectivity index (χ0n) is 12.4. The summed E-state index contributed by atoms with van der Waals surface area (Å²) in [6.07, 6.45) is 1.73. The molecule has 1 atom stereocenters. The number of aliphatic hydroxyl groups is 1. The van der Waals surface area contributed by atoms with Crippen LogP contribution in [-0.4, -0.2) is 38.6 Å². The molecule has 1 heterocycles. The molecule has 1 aromatic rings. The maximum absolute atomic E-state index is 9.20. The second-order valence-electron chi connectivity index (χ2n) is 5.53. The second kappa shape index (κ2) is 7.41. The lowest BCUT2D eigenvalue weighted by Gasteiger charge is -2.26. The summed E-state index contributed by atoms with van der Waals surface area (Å²) in [5.74, 6) is 0.599. The molecule has 5 heteroatoms. The Labute approximate surface area is 125 Å². The number of nitriles is 1. The Kier molecular flexibility index (Phi) is 5.57. The van der Waals surface area contributed by atoms with Crippen molar-refractivity contribution < 1.29 is 14.6 Å². The zero-order chi connectivity index (χ0) is 15.1. The summed E-state index contributed by atoms with van der Waals surface area (Å²) in [5, 5.41) is 21.7. The Morgan fingerprint density at radius 3 is 3.00 bits per heavy atom. The Hall–Kier alpha value is -1.61. The van der Waals surface area contributed by atoms with Gasteiger partial charge in [0.2, 0.25) is 0 Å². The lowest BCUT2D eigenvalue weighted by Crippen LogP contribution is -2.35. The predicted molar refractivity (Wildman–Crippen MR) is 79.0 cm³/mol. The van der Waals surface area contributed by atoms with Crippen LogP contribution in [0.1, 0.15) is 24.0 Å². The van der Waals surface area contributed by atoms with E-state index in [0.717, 1.165) is 31.6 Å². The van der Waals surface area contributed by atoms with Crippen LogP contribution in [0.2, 0.25) is 0 Å². The standard InChI is InChI=1S/C16H22N2O3/c1-20-15-3-2-13(8-14(15)9-17)10-18-11-16(4-6-19)5-7-21-12-16/h2-3,8,18-19H,4-7,10-12H2,1H3. The van der Waals surface area contributed by atoms with E-state index >= 15 is 0 Å². The van der Waals surface area contributed by atoms with Gasteiger partial charge in [-0.2, -0.15) is 5.26 Å². The first-order valence-corrected chi connectivity index (χ1v) is 7.19. The lowest BCUT2D eigenvalue weighted by molar-refractivity contribution is 0.124. The van der Waals surface area contributed by atoms with Crippen LogP contribution >= 0.6 is 0 Å². The van der Waals surface area contributed by atoms with E-state index in [4.69, 9.17) is 14.7 Å². The molecule has 1 aliphatic rings. The first kappa shape index (κ1) is 15.8. The topological polar surface area (TPSA) is 74.5 Å². The van der Waals surface area contributed by atoms with Gasteiger partial charge in [-0.1, -0.05) is 6.07 Å². The van der Waals surface area contributed by atoms with Crippen molar-refractivity contribution in [1.29, 1.82) is 5.26 Å². The number of rotatable bonds is 7. The molecule has 0 amide bonds. The fourth-order valence-electron chi connectivity index (χ4n) is 2.74. The fraction of sp³-hybridized carbons (Fsp3) is 0.562. The number of methoxy groups -OCH3 is 1. The maximum atomic E-state index is 9.20. The van der Waals surface area contributed by atoms with Gasteiger partial charge in [-0.05, 0) is 30.5 Å². The third-order valence-corrected chi connectivity index (χ3v) is 4.04. The van der Waals surface area contributed by atoms with Crippen molar-refractivity contribution in [2.45, 2.75) is 19.4 Å². The van der Waals surface area contributed by atoms with Crippen molar-refractivity contribution in [1.82, 2.24) is 5.32 Å². The quantitative estimate of drug-likeness (QED) is 0.795. The van der Waals surface area contributed by atoms with E-state index in [1.54, 1.807) is 7.11 Å². The third kappa shape index (κ3) is 3.94. The van der Waals surface area contributed by atoms with E-state index in [9.17, 15) is 5.11 Å². The number of hydrogen-bond donors (Lipinski definition) is 2. The molecule has 0 aliphatic carbocycles. The van der Waals surface area contributed by atoms with Crippen LogP contribution in [0.25, 0.3) is 0 Å². The molecule has 0 saturated carbocycles. The third-order valence-electron chi connectivity index (χ3n) is 4.04. The average molecular weight is 290 g/mol. The summed E-state index contributed by atoms with van der Waals surface area (Å²) in [6.45, 7) is 3.15. The lowest BCUT2D eigenvalue weighted by atomic mass is 9.84. The van der Waals surface area contributed by atoms with Crippen LogP contribution in [-0.2, 0) is 11.3 Å². The number of ether oxygens (including phenoxy) is 2. The summed E-state index contributed by atoms with van der Waals surface area (Å²) in [6, 6.07) is 7.76. The van der Waals surface area contributed by atoms with Crippen LogP contribution in [0.5, 0.6) is 5.75 Å². The highest BCUT2D eigenvalue weighted by Gasteiger charge is 2.33. The van der Waals surface area contributed by atoms with Gasteiger partial charge >= 0.3 is 0 Å². The highest BCUT2D eigenvalue weighted by Crippen LogP contribution is 2.31. The molecule has 5 nitrogen and oxygen atoms in total. The van der Waals surface area contributed by atoms with E-state index in [0.29, 0.717) is 24.5 Å². The normalized spacial score (nSPS) is 21.2. The molecular weight excluding hydrogens is 268 g/mol. The molecule has 1 aliphatic heterocycles. The first-order valence-electron chi connectivity index (χ1n) is 7.19. The van der Waals surface area contributed by atoms with E-state index < -0.39 is 0 Å². The van der Waals surface area contributed by atoms with Crippen LogP contribution < -0.4 is 10.1 Å². The Morgan fingerprint density at radius 2 is 2.38 bits per heavy atom. The van der Waals surface area contributed by atoms with E-state index in [-0.39, 0.29) is 12.0 Å². The van der Waals surface area contributed by atoms with Crippen molar-refractivity contribution in [3.8, 4) is 11.8 Å². The highest BCUT2D eigenvalue weighted by atomic mass is 16.5. The fourth-order valence-corrected chi connectivity index (χ4v) is 2.74. The van der Waals surface area contributed by atoms with Crippen molar-refractivity contribution in [3.63, 3.8) is 0 Å². The molecule has 1 fully saturated rings. The van der Waals surface area contributed by atoms with Gasteiger partial charge in [0.25, 0.3) is 0 Å². The molecule has 1 aromatic carbocycles. The van der Waals surface area contributed by atoms with E-state index in [1.807, 2.05) is 18.2 Å². The molecule has 21 heavy (non-hydrogen) atoms. The molecule has 0 radical (unpaired) electrons. The van der Waals surface area contributed by atoms with Crippen molar-refractivity contribution in [2.24, 2.45) is 5.41 Å². The van der Waals surface area contributed by atoms with Crippen LogP contribution in [0.3, 0.4) is 0 Å². The summed E-state index contributed by atoms with van der Waals surface area (Å²) >= 11 is 0. The summed E-state index contributed by atoms with van der Waals surface area (Å²) < 4.78 is 10.6.